The van der Waals surface area contributed by atoms with Crippen LogP contribution in [0.5, 0.6) is 5.75 Å². The van der Waals surface area contributed by atoms with Crippen LogP contribution in [0.25, 0.3) is 11.4 Å². The lowest BCUT2D eigenvalue weighted by molar-refractivity contribution is -0.113. The van der Waals surface area contributed by atoms with Gasteiger partial charge in [-0.05, 0) is 37.4 Å². The monoisotopic (exact) mass is 413 g/mol. The van der Waals surface area contributed by atoms with Gasteiger partial charge in [0, 0.05) is 6.54 Å². The number of benzene rings is 1. The van der Waals surface area contributed by atoms with Crippen molar-refractivity contribution >= 4 is 34.0 Å². The predicted octanol–water partition coefficient (Wildman–Crippen LogP) is 4.03. The Morgan fingerprint density at radius 2 is 2.14 bits per heavy atom. The van der Waals surface area contributed by atoms with Crippen LogP contribution in [0.3, 0.4) is 0 Å². The fourth-order valence-electron chi connectivity index (χ4n) is 2.60. The summed E-state index contributed by atoms with van der Waals surface area (Å²) in [5.41, 5.74) is 1.34. The normalized spacial score (nSPS) is 10.5. The summed E-state index contributed by atoms with van der Waals surface area (Å²) in [6, 6.07) is 11.4. The second-order valence-corrected chi connectivity index (χ2v) is 7.45. The van der Waals surface area contributed by atoms with E-state index in [4.69, 9.17) is 10.00 Å². The van der Waals surface area contributed by atoms with E-state index in [-0.39, 0.29) is 11.7 Å². The van der Waals surface area contributed by atoms with Gasteiger partial charge in [-0.1, -0.05) is 23.9 Å². The summed E-state index contributed by atoms with van der Waals surface area (Å²) in [7, 11) is 0. The Morgan fingerprint density at radius 1 is 1.32 bits per heavy atom. The van der Waals surface area contributed by atoms with Crippen molar-refractivity contribution in [2.45, 2.75) is 25.5 Å². The molecule has 1 N–H and O–H groups in total. The van der Waals surface area contributed by atoms with Crippen molar-refractivity contribution in [3.63, 3.8) is 0 Å². The van der Waals surface area contributed by atoms with Crippen molar-refractivity contribution in [1.29, 1.82) is 5.26 Å². The third-order valence-electron chi connectivity index (χ3n) is 3.83. The average molecular weight is 414 g/mol. The van der Waals surface area contributed by atoms with Gasteiger partial charge < -0.3 is 14.6 Å². The average Bonchev–Trinajstić information content (AvgIpc) is 3.33. The third-order valence-corrected chi connectivity index (χ3v) is 5.63. The minimum Gasteiger partial charge on any atom is -0.493 e. The zero-order valence-corrected chi connectivity index (χ0v) is 17.1. The van der Waals surface area contributed by atoms with Crippen molar-refractivity contribution in [3.05, 3.63) is 41.3 Å². The summed E-state index contributed by atoms with van der Waals surface area (Å²) in [5, 5.41) is 23.4. The van der Waals surface area contributed by atoms with Crippen LogP contribution >= 0.6 is 23.1 Å². The smallest absolute Gasteiger partial charge is 0.235 e. The second kappa shape index (κ2) is 9.39. The molecule has 0 aliphatic carbocycles. The zero-order chi connectivity index (χ0) is 19.9. The fourth-order valence-corrected chi connectivity index (χ4v) is 4.16. The quantitative estimate of drug-likeness (QED) is 0.561. The molecule has 0 radical (unpaired) electrons. The van der Waals surface area contributed by atoms with Crippen LogP contribution in [-0.4, -0.2) is 33.0 Å². The molecule has 144 valence electrons. The first kappa shape index (κ1) is 19.9. The van der Waals surface area contributed by atoms with Gasteiger partial charge in [-0.15, -0.1) is 21.5 Å². The predicted molar refractivity (Wildman–Crippen MR) is 111 cm³/mol. The topological polar surface area (TPSA) is 92.8 Å². The van der Waals surface area contributed by atoms with Crippen LogP contribution in [0.4, 0.5) is 5.00 Å². The summed E-state index contributed by atoms with van der Waals surface area (Å²) in [6.45, 7) is 5.17. The zero-order valence-electron chi connectivity index (χ0n) is 15.5. The number of aromatic nitrogens is 3. The van der Waals surface area contributed by atoms with Crippen LogP contribution in [0.2, 0.25) is 0 Å². The maximum atomic E-state index is 12.3. The number of hydrogen-bond donors (Lipinski definition) is 1. The van der Waals surface area contributed by atoms with Gasteiger partial charge in [0.1, 0.15) is 16.8 Å². The molecule has 0 fully saturated rings. The number of nitriles is 1. The minimum atomic E-state index is -0.189. The molecule has 0 aliphatic rings. The summed E-state index contributed by atoms with van der Waals surface area (Å²) in [6.07, 6.45) is 0. The Bertz CT molecular complexity index is 1010. The molecule has 1 amide bonds. The maximum absolute atomic E-state index is 12.3. The Morgan fingerprint density at radius 3 is 2.89 bits per heavy atom. The molecule has 0 saturated carbocycles. The molecule has 0 atom stereocenters. The molecule has 0 aliphatic heterocycles. The van der Waals surface area contributed by atoms with Crippen molar-refractivity contribution in [2.75, 3.05) is 17.7 Å². The van der Waals surface area contributed by atoms with Crippen LogP contribution < -0.4 is 10.1 Å². The molecule has 28 heavy (non-hydrogen) atoms. The minimum absolute atomic E-state index is 0.175. The standard InChI is InChI=1S/C19H19N5O2S2/c1-3-24-17(14-7-5-6-8-15(14)26-4-2)22-23-19(24)28-12-16(25)21-18-13(11-20)9-10-27-18/h5-10H,3-4,12H2,1-2H3,(H,21,25). The number of anilines is 1. The molecule has 0 bridgehead atoms. The van der Waals surface area contributed by atoms with E-state index < -0.39 is 0 Å². The van der Waals surface area contributed by atoms with Gasteiger partial charge in [0.2, 0.25) is 5.91 Å². The molecule has 7 nitrogen and oxygen atoms in total. The SMILES string of the molecule is CCOc1ccccc1-c1nnc(SCC(=O)Nc2sccc2C#N)n1CC. The van der Waals surface area contributed by atoms with Crippen LogP contribution in [0.15, 0.2) is 40.9 Å². The Kier molecular flexibility index (Phi) is 6.68. The van der Waals surface area contributed by atoms with Gasteiger partial charge in [0.15, 0.2) is 11.0 Å². The van der Waals surface area contributed by atoms with E-state index in [0.29, 0.717) is 34.7 Å². The van der Waals surface area contributed by atoms with E-state index in [1.807, 2.05) is 42.7 Å². The lowest BCUT2D eigenvalue weighted by atomic mass is 10.2. The number of hydrogen-bond acceptors (Lipinski definition) is 7. The van der Waals surface area contributed by atoms with E-state index in [1.54, 1.807) is 11.4 Å². The Balaban J connectivity index is 1.74. The first-order valence-electron chi connectivity index (χ1n) is 8.73. The van der Waals surface area contributed by atoms with Crippen LogP contribution in [0, 0.1) is 11.3 Å². The highest BCUT2D eigenvalue weighted by Crippen LogP contribution is 2.31. The van der Waals surface area contributed by atoms with Crippen molar-refractivity contribution in [3.8, 4) is 23.2 Å². The van der Waals surface area contributed by atoms with E-state index in [9.17, 15) is 4.79 Å². The fraction of sp³-hybridized carbons (Fsp3) is 0.263. The molecular weight excluding hydrogens is 394 g/mol. The number of carbonyl (C=O) groups excluding carboxylic acids is 1. The van der Waals surface area contributed by atoms with Crippen LogP contribution in [0.1, 0.15) is 19.4 Å². The van der Waals surface area contributed by atoms with Gasteiger partial charge in [0.25, 0.3) is 0 Å². The number of thiophene rings is 1. The van der Waals surface area contributed by atoms with E-state index in [0.717, 1.165) is 11.3 Å². The van der Waals surface area contributed by atoms with E-state index in [2.05, 4.69) is 21.6 Å². The molecule has 0 saturated heterocycles. The van der Waals surface area contributed by atoms with Crippen molar-refractivity contribution < 1.29 is 9.53 Å². The van der Waals surface area contributed by atoms with Gasteiger partial charge in [-0.3, -0.25) is 4.79 Å². The highest BCUT2D eigenvalue weighted by molar-refractivity contribution is 7.99. The summed E-state index contributed by atoms with van der Waals surface area (Å²) >= 11 is 2.64. The number of rotatable bonds is 8. The first-order valence-corrected chi connectivity index (χ1v) is 10.6. The highest BCUT2D eigenvalue weighted by Gasteiger charge is 2.18. The Labute approximate surface area is 171 Å². The van der Waals surface area contributed by atoms with E-state index in [1.165, 1.54) is 23.1 Å². The molecule has 0 spiro atoms. The number of nitrogens with one attached hydrogen (secondary N) is 1. The molecular formula is C19H19N5O2S2. The largest absolute Gasteiger partial charge is 0.493 e. The molecule has 3 rings (SSSR count). The number of carbonyl (C=O) groups is 1. The molecule has 2 aromatic heterocycles. The lowest BCUT2D eigenvalue weighted by Gasteiger charge is -2.11. The molecule has 9 heteroatoms. The number of amides is 1. The van der Waals surface area contributed by atoms with Gasteiger partial charge in [-0.25, -0.2) is 0 Å². The summed E-state index contributed by atoms with van der Waals surface area (Å²) < 4.78 is 7.66. The van der Waals surface area contributed by atoms with E-state index >= 15 is 0 Å². The lowest BCUT2D eigenvalue weighted by Crippen LogP contribution is -2.14. The van der Waals surface area contributed by atoms with Gasteiger partial charge in [0.05, 0.1) is 23.5 Å². The van der Waals surface area contributed by atoms with Crippen LogP contribution in [-0.2, 0) is 11.3 Å². The Hall–Kier alpha value is -2.83. The number of nitrogens with zero attached hydrogens (tertiary/aromatic N) is 4. The summed E-state index contributed by atoms with van der Waals surface area (Å²) in [4.78, 5) is 12.3. The van der Waals surface area contributed by atoms with Crippen molar-refractivity contribution in [2.24, 2.45) is 0 Å². The number of ether oxygens (including phenoxy) is 1. The highest BCUT2D eigenvalue weighted by atomic mass is 32.2. The third kappa shape index (κ3) is 4.35. The second-order valence-electron chi connectivity index (χ2n) is 5.59. The maximum Gasteiger partial charge on any atom is 0.235 e. The number of thioether (sulfide) groups is 1. The first-order chi connectivity index (χ1) is 13.7. The molecule has 2 heterocycles. The molecule has 0 unspecified atom stereocenters. The summed E-state index contributed by atoms with van der Waals surface area (Å²) in [5.74, 6) is 1.45. The van der Waals surface area contributed by atoms with Crippen molar-refractivity contribution in [1.82, 2.24) is 14.8 Å². The van der Waals surface area contributed by atoms with Gasteiger partial charge >= 0.3 is 0 Å². The molecule has 3 aromatic rings. The number of para-hydroxylation sites is 1. The van der Waals surface area contributed by atoms with Gasteiger partial charge in [-0.2, -0.15) is 5.26 Å². The molecule has 1 aromatic carbocycles.